The van der Waals surface area contributed by atoms with E-state index >= 15 is 0 Å². The summed E-state index contributed by atoms with van der Waals surface area (Å²) < 4.78 is 10.8. The molecule has 25 heavy (non-hydrogen) atoms. The Morgan fingerprint density at radius 1 is 0.920 bits per heavy atom. The van der Waals surface area contributed by atoms with Gasteiger partial charge in [-0.3, -0.25) is 4.79 Å². The predicted octanol–water partition coefficient (Wildman–Crippen LogP) is 1.89. The van der Waals surface area contributed by atoms with Crippen molar-refractivity contribution in [2.45, 2.75) is 64.0 Å². The number of ether oxygens (including phenoxy) is 2. The van der Waals surface area contributed by atoms with Crippen molar-refractivity contribution in [3.63, 3.8) is 0 Å². The standard InChI is InChI=1S/C18H29N3O4/c1-13-16(25-12-11-24-13)17(22)19-15-7-9-21(10-8-15)18(23)20-14-5-3-2-4-6-14/h14-15H,2-12H2,1H3,(H,19,22)(H,20,23). The molecule has 2 fully saturated rings. The minimum Gasteiger partial charge on any atom is -0.491 e. The van der Waals surface area contributed by atoms with E-state index in [1.54, 1.807) is 6.92 Å². The number of nitrogens with zero attached hydrogens (tertiary/aromatic N) is 1. The number of hydrogen-bond donors (Lipinski definition) is 2. The summed E-state index contributed by atoms with van der Waals surface area (Å²) in [5.74, 6) is 0.596. The number of likely N-dealkylation sites (tertiary alicyclic amines) is 1. The van der Waals surface area contributed by atoms with Crippen LogP contribution >= 0.6 is 0 Å². The predicted molar refractivity (Wildman–Crippen MR) is 92.7 cm³/mol. The fourth-order valence-corrected chi connectivity index (χ4v) is 3.72. The van der Waals surface area contributed by atoms with E-state index in [1.807, 2.05) is 4.90 Å². The Morgan fingerprint density at radius 2 is 1.56 bits per heavy atom. The first kappa shape index (κ1) is 17.9. The van der Waals surface area contributed by atoms with Crippen molar-refractivity contribution in [1.82, 2.24) is 15.5 Å². The van der Waals surface area contributed by atoms with E-state index in [9.17, 15) is 9.59 Å². The van der Waals surface area contributed by atoms with Crippen LogP contribution in [0, 0.1) is 0 Å². The van der Waals surface area contributed by atoms with Crippen LogP contribution in [0.4, 0.5) is 4.79 Å². The summed E-state index contributed by atoms with van der Waals surface area (Å²) >= 11 is 0. The lowest BCUT2D eigenvalue weighted by molar-refractivity contribution is -0.123. The molecule has 3 aliphatic rings. The highest BCUT2D eigenvalue weighted by atomic mass is 16.6. The molecule has 140 valence electrons. The van der Waals surface area contributed by atoms with Crippen LogP contribution in [0.1, 0.15) is 51.9 Å². The van der Waals surface area contributed by atoms with Crippen LogP contribution in [0.15, 0.2) is 11.5 Å². The second-order valence-corrected chi connectivity index (χ2v) is 7.10. The molecule has 0 aromatic heterocycles. The number of urea groups is 1. The van der Waals surface area contributed by atoms with E-state index < -0.39 is 0 Å². The van der Waals surface area contributed by atoms with E-state index in [4.69, 9.17) is 9.47 Å². The fraction of sp³-hybridized carbons (Fsp3) is 0.778. The third kappa shape index (κ3) is 4.80. The molecule has 2 N–H and O–H groups in total. The average Bonchev–Trinajstić information content (AvgIpc) is 2.63. The summed E-state index contributed by atoms with van der Waals surface area (Å²) in [5, 5.41) is 6.16. The maximum atomic E-state index is 12.4. The molecule has 2 heterocycles. The molecule has 1 saturated heterocycles. The summed E-state index contributed by atoms with van der Waals surface area (Å²) in [7, 11) is 0. The molecule has 7 nitrogen and oxygen atoms in total. The zero-order valence-electron chi connectivity index (χ0n) is 15.0. The second-order valence-electron chi connectivity index (χ2n) is 7.10. The summed E-state index contributed by atoms with van der Waals surface area (Å²) in [4.78, 5) is 26.5. The summed E-state index contributed by atoms with van der Waals surface area (Å²) in [6.07, 6.45) is 7.40. The molecule has 0 aromatic rings. The summed E-state index contributed by atoms with van der Waals surface area (Å²) in [6, 6.07) is 0.438. The van der Waals surface area contributed by atoms with Gasteiger partial charge in [-0.1, -0.05) is 19.3 Å². The minimum atomic E-state index is -0.220. The average molecular weight is 351 g/mol. The lowest BCUT2D eigenvalue weighted by Gasteiger charge is -2.34. The van der Waals surface area contributed by atoms with E-state index in [0.717, 1.165) is 25.7 Å². The lowest BCUT2D eigenvalue weighted by Crippen LogP contribution is -2.51. The molecular formula is C18H29N3O4. The molecule has 0 spiro atoms. The lowest BCUT2D eigenvalue weighted by atomic mass is 9.95. The Bertz CT molecular complexity index is 520. The van der Waals surface area contributed by atoms with Crippen LogP contribution in [-0.4, -0.2) is 55.2 Å². The van der Waals surface area contributed by atoms with Crippen LogP contribution in [0.2, 0.25) is 0 Å². The highest BCUT2D eigenvalue weighted by molar-refractivity contribution is 5.92. The van der Waals surface area contributed by atoms with Gasteiger partial charge in [0, 0.05) is 25.2 Å². The molecule has 3 amide bonds. The molecule has 2 aliphatic heterocycles. The molecule has 0 atom stereocenters. The highest BCUT2D eigenvalue weighted by Crippen LogP contribution is 2.19. The van der Waals surface area contributed by atoms with E-state index in [1.165, 1.54) is 19.3 Å². The SMILES string of the molecule is CC1=C(C(=O)NC2CCN(C(=O)NC3CCCCC3)CC2)OCCO1. The topological polar surface area (TPSA) is 79.9 Å². The van der Waals surface area contributed by atoms with Gasteiger partial charge < -0.3 is 25.0 Å². The van der Waals surface area contributed by atoms with Gasteiger partial charge in [0.1, 0.15) is 19.0 Å². The Labute approximate surface area is 149 Å². The molecule has 3 rings (SSSR count). The maximum Gasteiger partial charge on any atom is 0.317 e. The Hall–Kier alpha value is -1.92. The molecule has 0 aromatic carbocycles. The van der Waals surface area contributed by atoms with E-state index in [0.29, 0.717) is 38.1 Å². The third-order valence-corrected chi connectivity index (χ3v) is 5.22. The van der Waals surface area contributed by atoms with Gasteiger partial charge in [-0.15, -0.1) is 0 Å². The molecule has 0 bridgehead atoms. The van der Waals surface area contributed by atoms with Crippen LogP contribution < -0.4 is 10.6 Å². The summed E-state index contributed by atoms with van der Waals surface area (Å²) in [5.41, 5.74) is 0. The van der Waals surface area contributed by atoms with E-state index in [2.05, 4.69) is 10.6 Å². The number of carbonyl (C=O) groups excluding carboxylic acids is 2. The molecule has 1 saturated carbocycles. The molecule has 7 heteroatoms. The van der Waals surface area contributed by atoms with E-state index in [-0.39, 0.29) is 23.7 Å². The van der Waals surface area contributed by atoms with Gasteiger partial charge in [-0.05, 0) is 32.6 Å². The van der Waals surface area contributed by atoms with Gasteiger partial charge in [0.05, 0.1) is 0 Å². The van der Waals surface area contributed by atoms with Crippen LogP contribution in [0.5, 0.6) is 0 Å². The normalized spacial score (nSPS) is 22.8. The molecule has 1 aliphatic carbocycles. The van der Waals surface area contributed by atoms with Gasteiger partial charge in [-0.25, -0.2) is 4.79 Å². The second kappa shape index (κ2) is 8.45. The number of rotatable bonds is 3. The van der Waals surface area contributed by atoms with Crippen LogP contribution in [0.25, 0.3) is 0 Å². The first-order valence-corrected chi connectivity index (χ1v) is 9.46. The van der Waals surface area contributed by atoms with Gasteiger partial charge in [0.15, 0.2) is 0 Å². The van der Waals surface area contributed by atoms with Gasteiger partial charge in [-0.2, -0.15) is 0 Å². The minimum absolute atomic E-state index is 0.0410. The Kier molecular flexibility index (Phi) is 6.04. The third-order valence-electron chi connectivity index (χ3n) is 5.22. The Balaban J connectivity index is 1.42. The number of nitrogens with one attached hydrogen (secondary N) is 2. The monoisotopic (exact) mass is 351 g/mol. The highest BCUT2D eigenvalue weighted by Gasteiger charge is 2.28. The zero-order valence-corrected chi connectivity index (χ0v) is 15.0. The number of carbonyl (C=O) groups is 2. The number of piperidine rings is 1. The molecule has 0 unspecified atom stereocenters. The summed E-state index contributed by atoms with van der Waals surface area (Å²) in [6.45, 7) is 3.96. The van der Waals surface area contributed by atoms with Crippen molar-refractivity contribution in [3.05, 3.63) is 11.5 Å². The first-order chi connectivity index (χ1) is 12.1. The largest absolute Gasteiger partial charge is 0.491 e. The molecular weight excluding hydrogens is 322 g/mol. The van der Waals surface area contributed by atoms with Gasteiger partial charge >= 0.3 is 6.03 Å². The smallest absolute Gasteiger partial charge is 0.317 e. The van der Waals surface area contributed by atoms with Crippen molar-refractivity contribution in [1.29, 1.82) is 0 Å². The number of hydrogen-bond acceptors (Lipinski definition) is 4. The fourth-order valence-electron chi connectivity index (χ4n) is 3.72. The quantitative estimate of drug-likeness (QED) is 0.814. The van der Waals surface area contributed by atoms with Gasteiger partial charge in [0.25, 0.3) is 5.91 Å². The molecule has 0 radical (unpaired) electrons. The Morgan fingerprint density at radius 3 is 2.24 bits per heavy atom. The maximum absolute atomic E-state index is 12.4. The van der Waals surface area contributed by atoms with Crippen LogP contribution in [0.3, 0.4) is 0 Å². The van der Waals surface area contributed by atoms with Crippen molar-refractivity contribution < 1.29 is 19.1 Å². The zero-order chi connectivity index (χ0) is 17.6. The number of amides is 3. The van der Waals surface area contributed by atoms with Crippen molar-refractivity contribution in [2.24, 2.45) is 0 Å². The van der Waals surface area contributed by atoms with Crippen molar-refractivity contribution in [3.8, 4) is 0 Å². The van der Waals surface area contributed by atoms with Crippen LogP contribution in [-0.2, 0) is 14.3 Å². The first-order valence-electron chi connectivity index (χ1n) is 9.46. The van der Waals surface area contributed by atoms with Crippen molar-refractivity contribution >= 4 is 11.9 Å². The van der Waals surface area contributed by atoms with Gasteiger partial charge in [0.2, 0.25) is 5.76 Å². The number of allylic oxidation sites excluding steroid dienone is 1. The van der Waals surface area contributed by atoms with Crippen molar-refractivity contribution in [2.75, 3.05) is 26.3 Å².